The van der Waals surface area contributed by atoms with E-state index in [1.165, 1.54) is 11.1 Å². The topological polar surface area (TPSA) is 55.6 Å². The van der Waals surface area contributed by atoms with Crippen molar-refractivity contribution < 1.29 is 0 Å². The lowest BCUT2D eigenvalue weighted by Crippen LogP contribution is -2.01. The first-order valence-corrected chi connectivity index (χ1v) is 8.70. The number of hydrogen-bond donors (Lipinski definition) is 1. The van der Waals surface area contributed by atoms with E-state index in [1.807, 2.05) is 31.2 Å². The zero-order valence-corrected chi connectivity index (χ0v) is 15.5. The number of nitrogens with one attached hydrogen (secondary N) is 1. The zero-order chi connectivity index (χ0) is 18.3. The number of aryl methyl sites for hydroxylation is 3. The van der Waals surface area contributed by atoms with Gasteiger partial charge in [0.05, 0.1) is 17.3 Å². The number of fused-ring (bicyclic) bond motifs is 1. The van der Waals surface area contributed by atoms with Crippen molar-refractivity contribution in [1.29, 1.82) is 0 Å². The molecule has 0 saturated carbocycles. The second-order valence-corrected chi connectivity index (χ2v) is 6.81. The van der Waals surface area contributed by atoms with E-state index >= 15 is 0 Å². The van der Waals surface area contributed by atoms with Crippen molar-refractivity contribution in [2.24, 2.45) is 0 Å². The van der Waals surface area contributed by atoms with Crippen molar-refractivity contribution in [2.75, 3.05) is 5.32 Å². The summed E-state index contributed by atoms with van der Waals surface area (Å²) < 4.78 is 1.80. The summed E-state index contributed by atoms with van der Waals surface area (Å²) in [5.41, 5.74) is 6.18. The van der Waals surface area contributed by atoms with Crippen LogP contribution in [0.2, 0.25) is 5.02 Å². The molecule has 0 bridgehead atoms. The van der Waals surface area contributed by atoms with Crippen LogP contribution in [0.4, 0.5) is 11.5 Å². The van der Waals surface area contributed by atoms with Gasteiger partial charge in [-0.25, -0.2) is 14.6 Å². The van der Waals surface area contributed by atoms with Gasteiger partial charge in [0, 0.05) is 10.7 Å². The van der Waals surface area contributed by atoms with E-state index in [9.17, 15) is 0 Å². The van der Waals surface area contributed by atoms with Gasteiger partial charge in [-0.3, -0.25) is 0 Å². The summed E-state index contributed by atoms with van der Waals surface area (Å²) in [6.45, 7) is 6.21. The smallest absolute Gasteiger partial charge is 0.168 e. The standard InChI is InChI=1S/C20H18ClN5/c1-12-5-7-16(8-14(12)3)25-19-17-10-24-26(20(17)23-11-22-19)18-9-15(21)6-4-13(18)2/h4-11H,1-3H3,(H,22,23,25). The first-order valence-electron chi connectivity index (χ1n) is 8.32. The summed E-state index contributed by atoms with van der Waals surface area (Å²) in [5, 5.41) is 9.41. The van der Waals surface area contributed by atoms with Gasteiger partial charge in [-0.2, -0.15) is 5.10 Å². The highest BCUT2D eigenvalue weighted by Crippen LogP contribution is 2.27. The molecule has 2 aromatic heterocycles. The molecule has 0 radical (unpaired) electrons. The van der Waals surface area contributed by atoms with Gasteiger partial charge in [0.15, 0.2) is 5.65 Å². The molecule has 4 aromatic rings. The summed E-state index contributed by atoms with van der Waals surface area (Å²) in [6.07, 6.45) is 3.32. The van der Waals surface area contributed by atoms with Gasteiger partial charge in [0.25, 0.3) is 0 Å². The van der Waals surface area contributed by atoms with Crippen LogP contribution >= 0.6 is 11.6 Å². The van der Waals surface area contributed by atoms with Crippen LogP contribution in [0.3, 0.4) is 0 Å². The fourth-order valence-electron chi connectivity index (χ4n) is 2.89. The third-order valence-corrected chi connectivity index (χ3v) is 4.77. The molecule has 0 fully saturated rings. The lowest BCUT2D eigenvalue weighted by molar-refractivity contribution is 0.887. The largest absolute Gasteiger partial charge is 0.340 e. The van der Waals surface area contributed by atoms with Crippen LogP contribution in [0.15, 0.2) is 48.9 Å². The van der Waals surface area contributed by atoms with Crippen LogP contribution in [-0.4, -0.2) is 19.7 Å². The van der Waals surface area contributed by atoms with E-state index in [0.29, 0.717) is 5.02 Å². The van der Waals surface area contributed by atoms with Gasteiger partial charge in [-0.1, -0.05) is 23.7 Å². The highest BCUT2D eigenvalue weighted by Gasteiger charge is 2.13. The van der Waals surface area contributed by atoms with Crippen LogP contribution in [0, 0.1) is 20.8 Å². The maximum atomic E-state index is 6.16. The Morgan fingerprint density at radius 2 is 1.73 bits per heavy atom. The number of hydrogen-bond acceptors (Lipinski definition) is 4. The first kappa shape index (κ1) is 16.5. The Labute approximate surface area is 156 Å². The minimum Gasteiger partial charge on any atom is -0.340 e. The number of nitrogens with zero attached hydrogens (tertiary/aromatic N) is 4. The van der Waals surface area contributed by atoms with Crippen molar-refractivity contribution in [3.8, 4) is 5.69 Å². The van der Waals surface area contributed by atoms with Gasteiger partial charge in [-0.15, -0.1) is 0 Å². The fourth-order valence-corrected chi connectivity index (χ4v) is 3.05. The van der Waals surface area contributed by atoms with Crippen LogP contribution in [-0.2, 0) is 0 Å². The van der Waals surface area contributed by atoms with Crippen LogP contribution < -0.4 is 5.32 Å². The minimum atomic E-state index is 0.664. The molecule has 0 aliphatic rings. The molecule has 2 heterocycles. The van der Waals surface area contributed by atoms with E-state index in [-0.39, 0.29) is 0 Å². The molecular weight excluding hydrogens is 346 g/mol. The molecule has 5 nitrogen and oxygen atoms in total. The maximum Gasteiger partial charge on any atom is 0.168 e. The molecule has 26 heavy (non-hydrogen) atoms. The summed E-state index contributed by atoms with van der Waals surface area (Å²) >= 11 is 6.16. The molecule has 0 atom stereocenters. The van der Waals surface area contributed by atoms with E-state index in [0.717, 1.165) is 33.8 Å². The summed E-state index contributed by atoms with van der Waals surface area (Å²) in [7, 11) is 0. The molecule has 130 valence electrons. The number of halogens is 1. The number of anilines is 2. The fraction of sp³-hybridized carbons (Fsp3) is 0.150. The Hall–Kier alpha value is -2.92. The summed E-state index contributed by atoms with van der Waals surface area (Å²) in [6, 6.07) is 12.0. The Morgan fingerprint density at radius 3 is 2.54 bits per heavy atom. The van der Waals surface area contributed by atoms with Crippen LogP contribution in [0.1, 0.15) is 16.7 Å². The molecule has 0 saturated heterocycles. The molecule has 0 amide bonds. The minimum absolute atomic E-state index is 0.664. The Morgan fingerprint density at radius 1 is 0.923 bits per heavy atom. The lowest BCUT2D eigenvalue weighted by Gasteiger charge is -2.10. The molecular formula is C20H18ClN5. The summed E-state index contributed by atoms with van der Waals surface area (Å²) in [4.78, 5) is 8.83. The first-order chi connectivity index (χ1) is 12.5. The number of aromatic nitrogens is 4. The number of benzene rings is 2. The maximum absolute atomic E-state index is 6.16. The van der Waals surface area contributed by atoms with Crippen molar-refractivity contribution in [3.05, 3.63) is 70.6 Å². The molecule has 0 unspecified atom stereocenters. The highest BCUT2D eigenvalue weighted by atomic mass is 35.5. The Kier molecular flexibility index (Phi) is 4.09. The molecule has 6 heteroatoms. The van der Waals surface area contributed by atoms with Gasteiger partial charge in [0.1, 0.15) is 12.1 Å². The predicted octanol–water partition coefficient (Wildman–Crippen LogP) is 5.14. The monoisotopic (exact) mass is 363 g/mol. The van der Waals surface area contributed by atoms with Gasteiger partial charge < -0.3 is 5.32 Å². The average Bonchev–Trinajstić information content (AvgIpc) is 3.05. The van der Waals surface area contributed by atoms with E-state index < -0.39 is 0 Å². The second kappa shape index (κ2) is 6.42. The average molecular weight is 364 g/mol. The van der Waals surface area contributed by atoms with Gasteiger partial charge in [-0.05, 0) is 61.7 Å². The molecule has 0 aliphatic carbocycles. The third-order valence-electron chi connectivity index (χ3n) is 4.53. The number of rotatable bonds is 3. The normalized spacial score (nSPS) is 11.1. The van der Waals surface area contributed by atoms with Crippen molar-refractivity contribution in [3.63, 3.8) is 0 Å². The van der Waals surface area contributed by atoms with E-state index in [2.05, 4.69) is 46.4 Å². The SMILES string of the molecule is Cc1ccc(Nc2ncnc3c2cnn3-c2cc(Cl)ccc2C)cc1C. The van der Waals surface area contributed by atoms with Gasteiger partial charge >= 0.3 is 0 Å². The molecule has 0 aliphatic heterocycles. The van der Waals surface area contributed by atoms with Crippen LogP contribution in [0.5, 0.6) is 0 Å². The highest BCUT2D eigenvalue weighted by molar-refractivity contribution is 6.30. The van der Waals surface area contributed by atoms with Crippen molar-refractivity contribution in [1.82, 2.24) is 19.7 Å². The molecule has 0 spiro atoms. The zero-order valence-electron chi connectivity index (χ0n) is 14.8. The van der Waals surface area contributed by atoms with Gasteiger partial charge in [0.2, 0.25) is 0 Å². The third kappa shape index (κ3) is 2.91. The lowest BCUT2D eigenvalue weighted by atomic mass is 10.1. The van der Waals surface area contributed by atoms with E-state index in [1.54, 1.807) is 17.2 Å². The quantitative estimate of drug-likeness (QED) is 0.547. The molecule has 2 aromatic carbocycles. The molecule has 4 rings (SSSR count). The van der Waals surface area contributed by atoms with Crippen molar-refractivity contribution >= 4 is 34.1 Å². The summed E-state index contributed by atoms with van der Waals surface area (Å²) in [5.74, 6) is 0.726. The Balaban J connectivity index is 1.80. The second-order valence-electron chi connectivity index (χ2n) is 6.37. The predicted molar refractivity (Wildman–Crippen MR) is 106 cm³/mol. The van der Waals surface area contributed by atoms with Crippen LogP contribution in [0.25, 0.3) is 16.7 Å². The Bertz CT molecular complexity index is 1120. The van der Waals surface area contributed by atoms with E-state index in [4.69, 9.17) is 11.6 Å². The molecule has 1 N–H and O–H groups in total. The van der Waals surface area contributed by atoms with Crippen molar-refractivity contribution in [2.45, 2.75) is 20.8 Å².